The van der Waals surface area contributed by atoms with Crippen molar-refractivity contribution in [1.29, 1.82) is 0 Å². The predicted octanol–water partition coefficient (Wildman–Crippen LogP) is 5.13. The summed E-state index contributed by atoms with van der Waals surface area (Å²) in [7, 11) is 0.156. The maximum absolute atomic E-state index is 14.9. The van der Waals surface area contributed by atoms with Crippen LogP contribution in [0, 0.1) is 23.2 Å². The van der Waals surface area contributed by atoms with Gasteiger partial charge in [-0.25, -0.2) is 0 Å². The van der Waals surface area contributed by atoms with Crippen LogP contribution >= 0.6 is 0 Å². The van der Waals surface area contributed by atoms with Crippen LogP contribution in [0.5, 0.6) is 11.5 Å². The molecular weight excluding hydrogens is 951 g/mol. The molecule has 3 saturated carbocycles. The Hall–Kier alpha value is -5.53. The summed E-state index contributed by atoms with van der Waals surface area (Å²) in [6.07, 6.45) is 10.4. The summed E-state index contributed by atoms with van der Waals surface area (Å²) in [5, 5.41) is 22.7. The summed E-state index contributed by atoms with van der Waals surface area (Å²) in [6, 6.07) is 13.0. The molecule has 17 nitrogen and oxygen atoms in total. The smallest absolute Gasteiger partial charge is 0.475 e. The molecule has 3 aromatic rings. The Bertz CT molecular complexity index is 2420. The molecule has 3 aromatic carbocycles. The number of amides is 5. The van der Waals surface area contributed by atoms with Crippen LogP contribution in [0.4, 0.5) is 0 Å². The van der Waals surface area contributed by atoms with Gasteiger partial charge in [0.2, 0.25) is 23.6 Å². The zero-order valence-corrected chi connectivity index (χ0v) is 45.5. The van der Waals surface area contributed by atoms with Crippen molar-refractivity contribution in [2.24, 2.45) is 40.4 Å². The van der Waals surface area contributed by atoms with Gasteiger partial charge in [0.05, 0.1) is 12.0 Å². The van der Waals surface area contributed by atoms with Gasteiger partial charge in [0.1, 0.15) is 48.9 Å². The van der Waals surface area contributed by atoms with Crippen molar-refractivity contribution in [2.45, 2.75) is 148 Å². The van der Waals surface area contributed by atoms with Crippen molar-refractivity contribution in [3.63, 3.8) is 0 Å². The van der Waals surface area contributed by atoms with Gasteiger partial charge in [-0.1, -0.05) is 84.1 Å². The number of carbonyl (C=O) groups is 5. The molecule has 0 spiro atoms. The molecule has 11 N–H and O–H groups in total. The first-order valence-electron chi connectivity index (χ1n) is 27.4. The van der Waals surface area contributed by atoms with Gasteiger partial charge in [-0.05, 0) is 135 Å². The minimum Gasteiger partial charge on any atom is -0.492 e. The fourth-order valence-corrected chi connectivity index (χ4v) is 11.4. The molecule has 18 heteroatoms. The third kappa shape index (κ3) is 14.5. The molecule has 3 aliphatic carbocycles. The number of carbonyl (C=O) groups excluding carboxylic acids is 5. The molecule has 5 amide bonds. The molecule has 6 bridgehead atoms. The number of likely N-dealkylation sites (N-methyl/N-ethyl adjacent to an activating group) is 1. The second kappa shape index (κ2) is 27.0. The lowest BCUT2D eigenvalue weighted by molar-refractivity contribution is -0.214. The third-order valence-corrected chi connectivity index (χ3v) is 16.2. The van der Waals surface area contributed by atoms with E-state index in [9.17, 15) is 29.0 Å². The third-order valence-electron chi connectivity index (χ3n) is 16.2. The zero-order chi connectivity index (χ0) is 54.5. The van der Waals surface area contributed by atoms with Crippen molar-refractivity contribution in [3.8, 4) is 22.6 Å². The molecule has 1 aliphatic heterocycles. The quantitative estimate of drug-likeness (QED) is 0.0406. The van der Waals surface area contributed by atoms with Crippen LogP contribution in [0.2, 0.25) is 0 Å². The van der Waals surface area contributed by atoms with E-state index in [4.69, 9.17) is 31.3 Å². The fraction of sp³-hybridized carbons (Fsp3) is 0.596. The SMILES string of the molecule is CCCCCCCCc1ccc(C(=O)NC(CCCN)C(=O)N(C)C2C(=O)NC(C)C(=O)NC(C(=O)NCB(O)OC3(C)C(C)CC4CC3C4(C)C)Cc3ccc(OCCN)c(c3)-c3cc2ccc3OCCN)cc1. The summed E-state index contributed by atoms with van der Waals surface area (Å²) in [5.74, 6) is -1.11. The van der Waals surface area contributed by atoms with Gasteiger partial charge in [0, 0.05) is 43.2 Å². The standard InChI is InChI=1S/C57H85BN8O9/c1-8-9-10-11-12-13-15-38-17-20-40(21-18-38)52(68)64-45(16-14-25-59)55(71)66(7)50-41-22-24-48(74-29-27-61)44(33-41)43-31-39(19-23-47(43)73-28-26-60)32-46(65-51(67)37(3)63-54(50)70)53(69)62-35-58(72)75-57(6)36(2)30-42-34-49(57)56(42,4)5/h17-24,31,33,36-37,42,45-46,49-50,72H,8-16,25-30,32,34-35,59-61H2,1-7H3,(H,62,69)(H,63,70)(H,64,68)(H,65,67). The summed E-state index contributed by atoms with van der Waals surface area (Å²) < 4.78 is 18.8. The molecule has 3 fully saturated rings. The van der Waals surface area contributed by atoms with Crippen LogP contribution in [-0.4, -0.2) is 117 Å². The molecule has 8 atom stereocenters. The molecule has 0 aromatic heterocycles. The number of hydrogen-bond donors (Lipinski definition) is 8. The number of nitrogens with two attached hydrogens (primary N) is 3. The Morgan fingerprint density at radius 1 is 0.827 bits per heavy atom. The van der Waals surface area contributed by atoms with Gasteiger partial charge in [0.15, 0.2) is 0 Å². The topological polar surface area (TPSA) is 263 Å². The van der Waals surface area contributed by atoms with Crippen molar-refractivity contribution < 1.29 is 43.1 Å². The highest BCUT2D eigenvalue weighted by atomic mass is 16.5. The highest BCUT2D eigenvalue weighted by Gasteiger charge is 2.63. The van der Waals surface area contributed by atoms with Gasteiger partial charge in [-0.15, -0.1) is 0 Å². The minimum atomic E-state index is -1.36. The van der Waals surface area contributed by atoms with E-state index in [-0.39, 0.29) is 69.4 Å². The summed E-state index contributed by atoms with van der Waals surface area (Å²) in [5.41, 5.74) is 20.8. The summed E-state index contributed by atoms with van der Waals surface area (Å²) in [6.45, 7) is 13.3. The van der Waals surface area contributed by atoms with E-state index in [0.717, 1.165) is 37.7 Å². The number of hydrogen-bond acceptors (Lipinski definition) is 12. The van der Waals surface area contributed by atoms with Crippen LogP contribution in [0.3, 0.4) is 0 Å². The number of fused-ring (bicyclic) bond motifs is 7. The Labute approximate surface area is 445 Å². The lowest BCUT2D eigenvalue weighted by Crippen LogP contribution is -2.66. The van der Waals surface area contributed by atoms with Gasteiger partial charge in [0.25, 0.3) is 5.91 Å². The number of ether oxygens (including phenoxy) is 2. The Kier molecular flexibility index (Phi) is 21.1. The van der Waals surface area contributed by atoms with E-state index in [1.165, 1.54) is 44.6 Å². The average molecular weight is 1040 g/mol. The highest BCUT2D eigenvalue weighted by Crippen LogP contribution is 2.65. The van der Waals surface area contributed by atoms with E-state index in [0.29, 0.717) is 51.7 Å². The minimum absolute atomic E-state index is 0.00353. The predicted molar refractivity (Wildman–Crippen MR) is 292 cm³/mol. The Balaban J connectivity index is 1.30. The van der Waals surface area contributed by atoms with Crippen LogP contribution in [0.15, 0.2) is 60.7 Å². The number of unbranched alkanes of at least 4 members (excludes halogenated alkanes) is 5. The Morgan fingerprint density at radius 3 is 2.13 bits per heavy atom. The van der Waals surface area contributed by atoms with Crippen molar-refractivity contribution in [3.05, 3.63) is 82.9 Å². The number of benzene rings is 3. The number of aryl methyl sites for hydroxylation is 1. The second-order valence-corrected chi connectivity index (χ2v) is 21.8. The monoisotopic (exact) mass is 1040 g/mol. The second-order valence-electron chi connectivity index (χ2n) is 21.8. The lowest BCUT2D eigenvalue weighted by atomic mass is 9.42. The molecule has 8 unspecified atom stereocenters. The van der Waals surface area contributed by atoms with Gasteiger partial charge >= 0.3 is 7.12 Å². The zero-order valence-electron chi connectivity index (χ0n) is 45.5. The molecule has 75 heavy (non-hydrogen) atoms. The molecule has 4 aliphatic rings. The maximum atomic E-state index is 14.9. The maximum Gasteiger partial charge on any atom is 0.475 e. The van der Waals surface area contributed by atoms with Crippen LogP contribution < -0.4 is 47.9 Å². The van der Waals surface area contributed by atoms with Crippen LogP contribution in [-0.2, 0) is 36.7 Å². The largest absolute Gasteiger partial charge is 0.492 e. The number of nitrogens with zero attached hydrogens (tertiary/aromatic N) is 1. The first-order chi connectivity index (χ1) is 35.9. The summed E-state index contributed by atoms with van der Waals surface area (Å²) >= 11 is 0. The van der Waals surface area contributed by atoms with Crippen molar-refractivity contribution in [1.82, 2.24) is 26.2 Å². The van der Waals surface area contributed by atoms with Gasteiger partial charge in [-0.3, -0.25) is 24.0 Å². The van der Waals surface area contributed by atoms with E-state index < -0.39 is 66.4 Å². The fourth-order valence-electron chi connectivity index (χ4n) is 11.4. The first kappa shape index (κ1) is 58.7. The van der Waals surface area contributed by atoms with E-state index >= 15 is 0 Å². The molecular formula is C57H85BN8O9. The van der Waals surface area contributed by atoms with E-state index in [1.807, 2.05) is 25.1 Å². The highest BCUT2D eigenvalue weighted by molar-refractivity contribution is 6.43. The number of nitrogens with one attached hydrogen (secondary N) is 4. The van der Waals surface area contributed by atoms with Crippen molar-refractivity contribution >= 4 is 36.7 Å². The Morgan fingerprint density at radius 2 is 1.48 bits per heavy atom. The normalized spacial score (nSPS) is 23.3. The molecule has 0 saturated heterocycles. The van der Waals surface area contributed by atoms with Crippen LogP contribution in [0.25, 0.3) is 11.1 Å². The molecule has 7 rings (SSSR count). The molecule has 410 valence electrons. The van der Waals surface area contributed by atoms with E-state index in [1.54, 1.807) is 42.5 Å². The lowest BCUT2D eigenvalue weighted by Gasteiger charge is -2.66. The average Bonchev–Trinajstić information content (AvgIpc) is 3.39. The molecule has 1 heterocycles. The van der Waals surface area contributed by atoms with Gasteiger partial charge < -0.3 is 62.5 Å². The van der Waals surface area contributed by atoms with Crippen molar-refractivity contribution in [2.75, 3.05) is 46.3 Å². The molecule has 0 radical (unpaired) electrons. The summed E-state index contributed by atoms with van der Waals surface area (Å²) in [4.78, 5) is 73.3. The first-order valence-corrected chi connectivity index (χ1v) is 27.4. The van der Waals surface area contributed by atoms with Crippen LogP contribution in [0.1, 0.15) is 139 Å². The van der Waals surface area contributed by atoms with Gasteiger partial charge in [-0.2, -0.15) is 0 Å². The van der Waals surface area contributed by atoms with E-state index in [2.05, 4.69) is 49.0 Å². The number of rotatable bonds is 25.